The normalized spacial score (nSPS) is 15.4. The van der Waals surface area contributed by atoms with Gasteiger partial charge in [0.1, 0.15) is 29.4 Å². The molecule has 2 aliphatic rings. The molecule has 7 heteroatoms. The van der Waals surface area contributed by atoms with Gasteiger partial charge in [0.05, 0.1) is 5.57 Å². The average molecular weight is 437 g/mol. The first-order valence-corrected chi connectivity index (χ1v) is 10.7. The van der Waals surface area contributed by atoms with Gasteiger partial charge in [-0.15, -0.1) is 0 Å². The van der Waals surface area contributed by atoms with Gasteiger partial charge in [-0.2, -0.15) is 5.26 Å². The maximum Gasteiger partial charge on any atom is 0.256 e. The van der Waals surface area contributed by atoms with E-state index in [-0.39, 0.29) is 11.8 Å². The number of furan rings is 1. The van der Waals surface area contributed by atoms with E-state index in [4.69, 9.17) is 4.42 Å². The fraction of sp³-hybridized carbons (Fsp3) is 0.154. The van der Waals surface area contributed by atoms with Crippen molar-refractivity contribution in [3.05, 3.63) is 81.8 Å². The van der Waals surface area contributed by atoms with Crippen LogP contribution in [-0.2, 0) is 17.6 Å². The number of aryl methyl sites for hydroxylation is 1. The Morgan fingerprint density at radius 3 is 2.67 bits per heavy atom. The number of carbonyl (C=O) groups is 3. The maximum atomic E-state index is 12.7. The fourth-order valence-electron chi connectivity index (χ4n) is 4.27. The zero-order valence-corrected chi connectivity index (χ0v) is 17.6. The number of benzene rings is 2. The molecule has 3 aromatic rings. The molecular formula is C26H19N3O4. The van der Waals surface area contributed by atoms with Gasteiger partial charge in [-0.05, 0) is 55.7 Å². The topological polar surface area (TPSA) is 112 Å². The summed E-state index contributed by atoms with van der Waals surface area (Å²) in [6.07, 6.45) is 5.96. The average Bonchev–Trinajstić information content (AvgIpc) is 3.35. The molecule has 2 N–H and O–H groups in total. The van der Waals surface area contributed by atoms with Crippen molar-refractivity contribution in [1.82, 2.24) is 0 Å². The molecule has 162 valence electrons. The Kier molecular flexibility index (Phi) is 5.11. The molecule has 0 bridgehead atoms. The van der Waals surface area contributed by atoms with Crippen molar-refractivity contribution in [2.45, 2.75) is 25.7 Å². The quantitative estimate of drug-likeness (QED) is 0.458. The molecule has 2 heterocycles. The minimum atomic E-state index is -0.333. The van der Waals surface area contributed by atoms with Gasteiger partial charge in [0.25, 0.3) is 11.8 Å². The number of amides is 2. The van der Waals surface area contributed by atoms with Crippen LogP contribution in [-0.4, -0.2) is 18.1 Å². The molecule has 1 aromatic heterocycles. The number of fused-ring (bicyclic) bond motifs is 2. The van der Waals surface area contributed by atoms with E-state index in [1.54, 1.807) is 48.5 Å². The van der Waals surface area contributed by atoms with Crippen molar-refractivity contribution >= 4 is 41.1 Å². The molecule has 0 saturated heterocycles. The lowest BCUT2D eigenvalue weighted by Gasteiger charge is -2.07. The summed E-state index contributed by atoms with van der Waals surface area (Å²) in [5.41, 5.74) is 4.45. The highest BCUT2D eigenvalue weighted by Crippen LogP contribution is 2.37. The highest BCUT2D eigenvalue weighted by molar-refractivity contribution is 6.35. The molecule has 0 saturated carbocycles. The maximum absolute atomic E-state index is 12.7. The molecule has 2 aromatic carbocycles. The van der Waals surface area contributed by atoms with Crippen molar-refractivity contribution in [3.63, 3.8) is 0 Å². The molecule has 0 fully saturated rings. The molecule has 1 aliphatic heterocycles. The summed E-state index contributed by atoms with van der Waals surface area (Å²) in [5, 5.41) is 15.3. The van der Waals surface area contributed by atoms with Crippen molar-refractivity contribution in [2.24, 2.45) is 0 Å². The van der Waals surface area contributed by atoms with Gasteiger partial charge in [0, 0.05) is 40.0 Å². The van der Waals surface area contributed by atoms with Crippen LogP contribution in [0.5, 0.6) is 0 Å². The largest absolute Gasteiger partial charge is 0.460 e. The number of rotatable bonds is 4. The van der Waals surface area contributed by atoms with Crippen LogP contribution in [0.15, 0.2) is 46.9 Å². The zero-order chi connectivity index (χ0) is 22.9. The Bertz CT molecular complexity index is 1370. The molecule has 5 rings (SSSR count). The Balaban J connectivity index is 1.47. The minimum absolute atomic E-state index is 0.295. The molecular weight excluding hydrogens is 418 g/mol. The third-order valence-electron chi connectivity index (χ3n) is 5.96. The van der Waals surface area contributed by atoms with Crippen molar-refractivity contribution in [3.8, 4) is 6.07 Å². The molecule has 7 nitrogen and oxygen atoms in total. The molecule has 0 unspecified atom stereocenters. The number of nitrogens with zero attached hydrogens (tertiary/aromatic N) is 1. The van der Waals surface area contributed by atoms with Gasteiger partial charge in [-0.25, -0.2) is 0 Å². The highest BCUT2D eigenvalue weighted by atomic mass is 16.3. The van der Waals surface area contributed by atoms with E-state index in [0.29, 0.717) is 51.2 Å². The van der Waals surface area contributed by atoms with Crippen molar-refractivity contribution < 1.29 is 18.8 Å². The fourth-order valence-corrected chi connectivity index (χ4v) is 4.27. The molecule has 33 heavy (non-hydrogen) atoms. The van der Waals surface area contributed by atoms with Crippen molar-refractivity contribution in [2.75, 3.05) is 10.6 Å². The van der Waals surface area contributed by atoms with E-state index >= 15 is 0 Å². The Morgan fingerprint density at radius 1 is 1.12 bits per heavy atom. The van der Waals surface area contributed by atoms with Crippen LogP contribution < -0.4 is 10.6 Å². The number of aldehydes is 1. The van der Waals surface area contributed by atoms with E-state index in [2.05, 4.69) is 16.7 Å². The van der Waals surface area contributed by atoms with Crippen LogP contribution in [0.25, 0.3) is 11.6 Å². The number of carbonyl (C=O) groups excluding carboxylic acids is 3. The van der Waals surface area contributed by atoms with Crippen LogP contribution in [0, 0.1) is 11.3 Å². The standard InChI is InChI=1S/C26H19N3O4/c27-13-21-18-3-1-2-4-23(18)33-24(21)12-20-19-11-17(9-10-22(19)29-26(20)32)28-25(31)16-7-5-15(14-30)6-8-16/h5-12,14H,1-4H2,(H,28,31)(H,29,32). The lowest BCUT2D eigenvalue weighted by molar-refractivity contribution is -0.110. The van der Waals surface area contributed by atoms with Gasteiger partial charge in [-0.1, -0.05) is 12.1 Å². The second-order valence-corrected chi connectivity index (χ2v) is 8.03. The summed E-state index contributed by atoms with van der Waals surface area (Å²) >= 11 is 0. The van der Waals surface area contributed by atoms with E-state index in [1.807, 2.05) is 0 Å². The second-order valence-electron chi connectivity index (χ2n) is 8.03. The first kappa shape index (κ1) is 20.5. The summed E-state index contributed by atoms with van der Waals surface area (Å²) < 4.78 is 5.95. The molecule has 0 radical (unpaired) electrons. The van der Waals surface area contributed by atoms with Gasteiger partial charge in [0.2, 0.25) is 0 Å². The van der Waals surface area contributed by atoms with E-state index in [1.165, 1.54) is 0 Å². The van der Waals surface area contributed by atoms with Crippen LogP contribution in [0.4, 0.5) is 11.4 Å². The Labute approximate surface area is 189 Å². The summed E-state index contributed by atoms with van der Waals surface area (Å²) in [6, 6.07) is 13.7. The van der Waals surface area contributed by atoms with E-state index in [9.17, 15) is 19.6 Å². The summed E-state index contributed by atoms with van der Waals surface area (Å²) in [5.74, 6) is 0.592. The summed E-state index contributed by atoms with van der Waals surface area (Å²) in [7, 11) is 0. The van der Waals surface area contributed by atoms with Crippen LogP contribution in [0.3, 0.4) is 0 Å². The monoisotopic (exact) mass is 437 g/mol. The Hall–Kier alpha value is -4.44. The first-order chi connectivity index (χ1) is 16.1. The lowest BCUT2D eigenvalue weighted by atomic mass is 9.94. The van der Waals surface area contributed by atoms with Gasteiger partial charge >= 0.3 is 0 Å². The van der Waals surface area contributed by atoms with E-state index in [0.717, 1.165) is 37.0 Å². The zero-order valence-electron chi connectivity index (χ0n) is 17.6. The lowest BCUT2D eigenvalue weighted by Crippen LogP contribution is -2.11. The number of hydrogen-bond acceptors (Lipinski definition) is 5. The highest BCUT2D eigenvalue weighted by Gasteiger charge is 2.28. The minimum Gasteiger partial charge on any atom is -0.460 e. The SMILES string of the molecule is N#Cc1c(C=C2C(=O)Nc3ccc(NC(=O)c4ccc(C=O)cc4)cc32)oc2c1CCCC2. The van der Waals surface area contributed by atoms with Crippen molar-refractivity contribution in [1.29, 1.82) is 5.26 Å². The van der Waals surface area contributed by atoms with Crippen LogP contribution in [0.1, 0.15) is 61.8 Å². The third-order valence-corrected chi connectivity index (χ3v) is 5.96. The smallest absolute Gasteiger partial charge is 0.256 e. The molecule has 2 amide bonds. The number of anilines is 2. The van der Waals surface area contributed by atoms with E-state index < -0.39 is 0 Å². The molecule has 0 atom stereocenters. The van der Waals surface area contributed by atoms with Gasteiger partial charge < -0.3 is 15.1 Å². The van der Waals surface area contributed by atoms with Gasteiger partial charge in [-0.3, -0.25) is 14.4 Å². The predicted octanol–water partition coefficient (Wildman–Crippen LogP) is 4.59. The van der Waals surface area contributed by atoms with Gasteiger partial charge in [0.15, 0.2) is 0 Å². The second kappa shape index (κ2) is 8.24. The number of nitriles is 1. The van der Waals surface area contributed by atoms with Crippen LogP contribution in [0.2, 0.25) is 0 Å². The molecule has 1 aliphatic carbocycles. The molecule has 0 spiro atoms. The number of nitrogens with one attached hydrogen (secondary N) is 2. The third kappa shape index (κ3) is 3.72. The Morgan fingerprint density at radius 2 is 1.91 bits per heavy atom. The predicted molar refractivity (Wildman–Crippen MR) is 123 cm³/mol. The first-order valence-electron chi connectivity index (χ1n) is 10.7. The summed E-state index contributed by atoms with van der Waals surface area (Å²) in [4.78, 5) is 36.1. The summed E-state index contributed by atoms with van der Waals surface area (Å²) in [6.45, 7) is 0. The van der Waals surface area contributed by atoms with Crippen LogP contribution >= 0.6 is 0 Å². The number of hydrogen-bond donors (Lipinski definition) is 2.